The highest BCUT2D eigenvalue weighted by atomic mass is 19.4. The Morgan fingerprint density at radius 1 is 1.33 bits per heavy atom. The molecule has 0 amide bonds. The summed E-state index contributed by atoms with van der Waals surface area (Å²) in [5, 5.41) is 6.47. The zero-order valence-corrected chi connectivity index (χ0v) is 11.1. The number of methoxy groups -OCH3 is 1. The highest BCUT2D eigenvalue weighted by molar-refractivity contribution is 5.40. The standard InChI is InChI=1S/C13H13F4N3O/c1-21-12-3-2-9(4-11(12)14)5-18-10-6-19-20(7-10)8-13(15,16)17/h2-4,6-7,18H,5,8H2,1H3. The van der Waals surface area contributed by atoms with Gasteiger partial charge in [0.05, 0.1) is 19.0 Å². The molecule has 1 heterocycles. The van der Waals surface area contributed by atoms with Crippen LogP contribution in [-0.2, 0) is 13.1 Å². The topological polar surface area (TPSA) is 39.1 Å². The van der Waals surface area contributed by atoms with E-state index in [9.17, 15) is 17.6 Å². The molecule has 0 aliphatic carbocycles. The minimum Gasteiger partial charge on any atom is -0.494 e. The summed E-state index contributed by atoms with van der Waals surface area (Å²) in [6.07, 6.45) is -1.79. The van der Waals surface area contributed by atoms with Gasteiger partial charge in [0.2, 0.25) is 0 Å². The van der Waals surface area contributed by atoms with Gasteiger partial charge in [0.15, 0.2) is 11.6 Å². The van der Waals surface area contributed by atoms with Crippen molar-refractivity contribution < 1.29 is 22.3 Å². The van der Waals surface area contributed by atoms with Gasteiger partial charge in [-0.3, -0.25) is 4.68 Å². The van der Waals surface area contributed by atoms with E-state index in [1.165, 1.54) is 31.6 Å². The van der Waals surface area contributed by atoms with E-state index in [1.54, 1.807) is 6.07 Å². The lowest BCUT2D eigenvalue weighted by Crippen LogP contribution is -2.17. The lowest BCUT2D eigenvalue weighted by molar-refractivity contribution is -0.142. The molecule has 0 bridgehead atoms. The van der Waals surface area contributed by atoms with Crippen molar-refractivity contribution in [1.82, 2.24) is 9.78 Å². The summed E-state index contributed by atoms with van der Waals surface area (Å²) in [6.45, 7) is -0.884. The Kier molecular flexibility index (Phi) is 4.35. The number of aromatic nitrogens is 2. The molecule has 0 aliphatic rings. The van der Waals surface area contributed by atoms with Crippen molar-refractivity contribution in [2.45, 2.75) is 19.3 Å². The van der Waals surface area contributed by atoms with Crippen molar-refractivity contribution in [3.05, 3.63) is 42.0 Å². The van der Waals surface area contributed by atoms with Gasteiger partial charge in [0, 0.05) is 12.7 Å². The molecule has 0 spiro atoms. The molecule has 2 aromatic rings. The maximum absolute atomic E-state index is 13.5. The Balaban J connectivity index is 1.95. The minimum absolute atomic E-state index is 0.136. The van der Waals surface area contributed by atoms with Crippen LogP contribution in [0.1, 0.15) is 5.56 Å². The zero-order chi connectivity index (χ0) is 15.5. The van der Waals surface area contributed by atoms with E-state index in [2.05, 4.69) is 10.4 Å². The van der Waals surface area contributed by atoms with Crippen LogP contribution in [0.2, 0.25) is 0 Å². The number of nitrogens with zero attached hydrogens (tertiary/aromatic N) is 2. The minimum atomic E-state index is -4.32. The van der Waals surface area contributed by atoms with Gasteiger partial charge < -0.3 is 10.1 Å². The third kappa shape index (κ3) is 4.37. The summed E-state index contributed by atoms with van der Waals surface area (Å²) in [7, 11) is 1.37. The molecule has 2 rings (SSSR count). The van der Waals surface area contributed by atoms with Gasteiger partial charge in [0.1, 0.15) is 6.54 Å². The second-order valence-corrected chi connectivity index (χ2v) is 4.36. The quantitative estimate of drug-likeness (QED) is 0.862. The highest BCUT2D eigenvalue weighted by Crippen LogP contribution is 2.20. The number of rotatable bonds is 5. The van der Waals surface area contributed by atoms with Crippen LogP contribution in [0.25, 0.3) is 0 Å². The summed E-state index contributed by atoms with van der Waals surface area (Å²) < 4.78 is 55.6. The molecule has 0 radical (unpaired) electrons. The summed E-state index contributed by atoms with van der Waals surface area (Å²) in [5.41, 5.74) is 1.06. The van der Waals surface area contributed by atoms with Gasteiger partial charge in [-0.2, -0.15) is 18.3 Å². The number of ether oxygens (including phenoxy) is 1. The van der Waals surface area contributed by atoms with Crippen LogP contribution < -0.4 is 10.1 Å². The second kappa shape index (κ2) is 6.02. The average molecular weight is 303 g/mol. The van der Waals surface area contributed by atoms with E-state index in [-0.39, 0.29) is 12.3 Å². The fourth-order valence-electron chi connectivity index (χ4n) is 1.75. The van der Waals surface area contributed by atoms with Gasteiger partial charge >= 0.3 is 6.18 Å². The smallest absolute Gasteiger partial charge is 0.408 e. The molecule has 21 heavy (non-hydrogen) atoms. The van der Waals surface area contributed by atoms with Crippen LogP contribution >= 0.6 is 0 Å². The van der Waals surface area contributed by atoms with Gasteiger partial charge in [0.25, 0.3) is 0 Å². The van der Waals surface area contributed by atoms with Crippen LogP contribution in [0.5, 0.6) is 5.75 Å². The molecule has 0 fully saturated rings. The molecule has 114 valence electrons. The number of nitrogens with one attached hydrogen (secondary N) is 1. The van der Waals surface area contributed by atoms with Gasteiger partial charge in [-0.25, -0.2) is 4.39 Å². The number of halogens is 4. The van der Waals surface area contributed by atoms with Crippen LogP contribution in [-0.4, -0.2) is 23.1 Å². The number of anilines is 1. The Hall–Kier alpha value is -2.25. The molecule has 8 heteroatoms. The predicted octanol–water partition coefficient (Wildman–Crippen LogP) is 3.21. The fraction of sp³-hybridized carbons (Fsp3) is 0.308. The van der Waals surface area contributed by atoms with E-state index in [0.717, 1.165) is 4.68 Å². The van der Waals surface area contributed by atoms with Crippen molar-refractivity contribution in [3.8, 4) is 5.75 Å². The largest absolute Gasteiger partial charge is 0.494 e. The van der Waals surface area contributed by atoms with E-state index < -0.39 is 18.5 Å². The van der Waals surface area contributed by atoms with E-state index in [4.69, 9.17) is 4.74 Å². The molecule has 0 saturated carbocycles. The molecular weight excluding hydrogens is 290 g/mol. The van der Waals surface area contributed by atoms with Crippen LogP contribution in [0, 0.1) is 5.82 Å². The monoisotopic (exact) mass is 303 g/mol. The molecule has 0 unspecified atom stereocenters. The normalized spacial score (nSPS) is 11.5. The Labute approximate surface area is 118 Å². The lowest BCUT2D eigenvalue weighted by Gasteiger charge is -2.07. The van der Waals surface area contributed by atoms with E-state index >= 15 is 0 Å². The van der Waals surface area contributed by atoms with Crippen molar-refractivity contribution in [2.75, 3.05) is 12.4 Å². The molecule has 1 aromatic heterocycles. The number of benzene rings is 1. The van der Waals surface area contributed by atoms with Gasteiger partial charge in [-0.15, -0.1) is 0 Å². The molecule has 4 nitrogen and oxygen atoms in total. The first-order chi connectivity index (χ1) is 9.87. The summed E-state index contributed by atoms with van der Waals surface area (Å²) in [4.78, 5) is 0. The maximum atomic E-state index is 13.5. The molecule has 1 aromatic carbocycles. The first kappa shape index (κ1) is 15.1. The van der Waals surface area contributed by atoms with Crippen LogP contribution in [0.15, 0.2) is 30.6 Å². The number of hydrogen-bond donors (Lipinski definition) is 1. The molecular formula is C13H13F4N3O. The first-order valence-corrected chi connectivity index (χ1v) is 6.03. The van der Waals surface area contributed by atoms with Gasteiger partial charge in [-0.05, 0) is 17.7 Å². The summed E-state index contributed by atoms with van der Waals surface area (Å²) >= 11 is 0. The van der Waals surface area contributed by atoms with Crippen LogP contribution in [0.3, 0.4) is 0 Å². The molecule has 0 saturated heterocycles. The summed E-state index contributed by atoms with van der Waals surface area (Å²) in [6, 6.07) is 4.44. The maximum Gasteiger partial charge on any atom is 0.408 e. The van der Waals surface area contributed by atoms with Gasteiger partial charge in [-0.1, -0.05) is 6.07 Å². The third-order valence-corrected chi connectivity index (χ3v) is 2.69. The first-order valence-electron chi connectivity index (χ1n) is 6.03. The SMILES string of the molecule is COc1ccc(CNc2cnn(CC(F)(F)F)c2)cc1F. The summed E-state index contributed by atoms with van der Waals surface area (Å²) in [5.74, 6) is -0.360. The van der Waals surface area contributed by atoms with Crippen molar-refractivity contribution in [3.63, 3.8) is 0 Å². The number of hydrogen-bond acceptors (Lipinski definition) is 3. The van der Waals surface area contributed by atoms with E-state index in [1.807, 2.05) is 0 Å². The Bertz CT molecular complexity index is 610. The molecule has 0 atom stereocenters. The highest BCUT2D eigenvalue weighted by Gasteiger charge is 2.28. The van der Waals surface area contributed by atoms with E-state index in [0.29, 0.717) is 11.3 Å². The van der Waals surface area contributed by atoms with Crippen molar-refractivity contribution in [2.24, 2.45) is 0 Å². The lowest BCUT2D eigenvalue weighted by atomic mass is 10.2. The number of alkyl halides is 3. The van der Waals surface area contributed by atoms with Crippen molar-refractivity contribution in [1.29, 1.82) is 0 Å². The van der Waals surface area contributed by atoms with Crippen LogP contribution in [0.4, 0.5) is 23.2 Å². The predicted molar refractivity (Wildman–Crippen MR) is 68.6 cm³/mol. The average Bonchev–Trinajstić information content (AvgIpc) is 2.82. The fourth-order valence-corrected chi connectivity index (χ4v) is 1.75. The third-order valence-electron chi connectivity index (χ3n) is 2.69. The Morgan fingerprint density at radius 2 is 2.10 bits per heavy atom. The molecule has 1 N–H and O–H groups in total. The zero-order valence-electron chi connectivity index (χ0n) is 11.1. The Morgan fingerprint density at radius 3 is 2.71 bits per heavy atom. The second-order valence-electron chi connectivity index (χ2n) is 4.36. The van der Waals surface area contributed by atoms with Crippen molar-refractivity contribution >= 4 is 5.69 Å². The molecule has 0 aliphatic heterocycles.